The number of aromatic amines is 1. The number of hydrogen-bond donors (Lipinski definition) is 2. The summed E-state index contributed by atoms with van der Waals surface area (Å²) in [5, 5.41) is 14.4. The number of aromatic nitrogens is 2. The maximum Gasteiger partial charge on any atom is 0.293 e. The molecule has 0 spiro atoms. The molecule has 0 atom stereocenters. The minimum Gasteiger partial charge on any atom is -0.378 e. The van der Waals surface area contributed by atoms with E-state index in [2.05, 4.69) is 20.2 Å². The van der Waals surface area contributed by atoms with Gasteiger partial charge in [-0.1, -0.05) is 6.92 Å². The van der Waals surface area contributed by atoms with Gasteiger partial charge in [-0.05, 0) is 19.7 Å². The number of hydrogen-bond acceptors (Lipinski definition) is 6. The summed E-state index contributed by atoms with van der Waals surface area (Å²) >= 11 is 0. The maximum atomic E-state index is 11.7. The fourth-order valence-corrected chi connectivity index (χ4v) is 1.94. The first-order valence-corrected chi connectivity index (χ1v) is 6.61. The molecule has 2 aromatic rings. The Labute approximate surface area is 121 Å². The zero-order valence-corrected chi connectivity index (χ0v) is 11.9. The van der Waals surface area contributed by atoms with Crippen LogP contribution in [0.4, 0.5) is 11.4 Å². The van der Waals surface area contributed by atoms with Crippen LogP contribution in [0, 0.1) is 10.1 Å². The Morgan fingerprint density at radius 1 is 1.48 bits per heavy atom. The van der Waals surface area contributed by atoms with Crippen LogP contribution in [0.25, 0.3) is 10.9 Å². The van der Waals surface area contributed by atoms with Crippen LogP contribution in [0.3, 0.4) is 0 Å². The van der Waals surface area contributed by atoms with Gasteiger partial charge < -0.3 is 15.2 Å². The van der Waals surface area contributed by atoms with E-state index in [1.807, 2.05) is 14.0 Å². The highest BCUT2D eigenvalue weighted by molar-refractivity contribution is 5.86. The molecule has 0 saturated heterocycles. The van der Waals surface area contributed by atoms with Crippen LogP contribution < -0.4 is 10.9 Å². The van der Waals surface area contributed by atoms with Crippen molar-refractivity contribution < 1.29 is 4.92 Å². The third-order valence-electron chi connectivity index (χ3n) is 3.30. The monoisotopic (exact) mass is 291 g/mol. The Morgan fingerprint density at radius 2 is 2.24 bits per heavy atom. The summed E-state index contributed by atoms with van der Waals surface area (Å²) in [5.41, 5.74) is 0.284. The zero-order valence-electron chi connectivity index (χ0n) is 11.9. The molecular formula is C13H17N5O3. The predicted octanol–water partition coefficient (Wildman–Crippen LogP) is 1.19. The molecule has 0 fully saturated rings. The average molecular weight is 291 g/mol. The molecule has 0 unspecified atom stereocenters. The third-order valence-corrected chi connectivity index (χ3v) is 3.30. The molecule has 1 heterocycles. The highest BCUT2D eigenvalue weighted by Gasteiger charge is 2.16. The summed E-state index contributed by atoms with van der Waals surface area (Å²) < 4.78 is 0. The van der Waals surface area contributed by atoms with Gasteiger partial charge in [-0.2, -0.15) is 0 Å². The van der Waals surface area contributed by atoms with Crippen LogP contribution >= 0.6 is 0 Å². The molecule has 21 heavy (non-hydrogen) atoms. The average Bonchev–Trinajstić information content (AvgIpc) is 2.46. The Bertz CT molecular complexity index is 713. The summed E-state index contributed by atoms with van der Waals surface area (Å²) in [7, 11) is 1.97. The van der Waals surface area contributed by atoms with Crippen molar-refractivity contribution in [1.29, 1.82) is 0 Å². The van der Waals surface area contributed by atoms with E-state index in [4.69, 9.17) is 0 Å². The number of H-pyrrole nitrogens is 1. The van der Waals surface area contributed by atoms with Crippen LogP contribution in [0.15, 0.2) is 23.3 Å². The van der Waals surface area contributed by atoms with Gasteiger partial charge in [0.1, 0.15) is 5.69 Å². The van der Waals surface area contributed by atoms with E-state index in [-0.39, 0.29) is 16.6 Å². The van der Waals surface area contributed by atoms with Gasteiger partial charge in [-0.3, -0.25) is 14.9 Å². The van der Waals surface area contributed by atoms with Crippen LogP contribution in [0.2, 0.25) is 0 Å². The smallest absolute Gasteiger partial charge is 0.293 e. The van der Waals surface area contributed by atoms with Crippen molar-refractivity contribution in [1.82, 2.24) is 14.9 Å². The molecule has 0 saturated carbocycles. The molecule has 0 amide bonds. The molecule has 1 aromatic heterocycles. The van der Waals surface area contributed by atoms with E-state index in [0.29, 0.717) is 17.7 Å². The van der Waals surface area contributed by atoms with Gasteiger partial charge in [0, 0.05) is 19.2 Å². The van der Waals surface area contributed by atoms with Crippen LogP contribution in [0.5, 0.6) is 0 Å². The van der Waals surface area contributed by atoms with E-state index < -0.39 is 4.92 Å². The molecule has 0 aliphatic heterocycles. The fraction of sp³-hybridized carbons (Fsp3) is 0.385. The Morgan fingerprint density at radius 3 is 2.90 bits per heavy atom. The van der Waals surface area contributed by atoms with Gasteiger partial charge in [-0.15, -0.1) is 0 Å². The van der Waals surface area contributed by atoms with Crippen LogP contribution in [-0.4, -0.2) is 46.5 Å². The Hall–Kier alpha value is -2.48. The number of fused-ring (bicyclic) bond motifs is 1. The largest absolute Gasteiger partial charge is 0.378 e. The summed E-state index contributed by atoms with van der Waals surface area (Å²) in [6, 6.07) is 2.79. The zero-order chi connectivity index (χ0) is 15.4. The van der Waals surface area contributed by atoms with Crippen molar-refractivity contribution in [2.24, 2.45) is 0 Å². The lowest BCUT2D eigenvalue weighted by Gasteiger charge is -2.14. The Kier molecular flexibility index (Phi) is 4.49. The van der Waals surface area contributed by atoms with Gasteiger partial charge in [0.05, 0.1) is 22.2 Å². The summed E-state index contributed by atoms with van der Waals surface area (Å²) in [5.74, 6) is 0. The minimum atomic E-state index is -0.502. The number of nitrogens with zero attached hydrogens (tertiary/aromatic N) is 3. The van der Waals surface area contributed by atoms with E-state index in [1.165, 1.54) is 18.5 Å². The first-order valence-electron chi connectivity index (χ1n) is 6.61. The molecule has 112 valence electrons. The SMILES string of the molecule is CCN(C)CCNc1cc2nc[nH]c(=O)c2cc1[N+](=O)[O-]. The van der Waals surface area contributed by atoms with Gasteiger partial charge in [0.25, 0.3) is 11.2 Å². The van der Waals surface area contributed by atoms with E-state index >= 15 is 0 Å². The van der Waals surface area contributed by atoms with Crippen molar-refractivity contribution in [2.45, 2.75) is 6.92 Å². The molecular weight excluding hydrogens is 274 g/mol. The van der Waals surface area contributed by atoms with Crippen molar-refractivity contribution in [3.05, 3.63) is 38.9 Å². The number of benzene rings is 1. The van der Waals surface area contributed by atoms with Gasteiger partial charge in [0.2, 0.25) is 0 Å². The molecule has 2 rings (SSSR count). The molecule has 0 radical (unpaired) electrons. The number of likely N-dealkylation sites (N-methyl/N-ethyl adjacent to an activating group) is 1. The summed E-state index contributed by atoms with van der Waals surface area (Å²) in [6.07, 6.45) is 1.28. The molecule has 8 heteroatoms. The first-order chi connectivity index (χ1) is 10.0. The summed E-state index contributed by atoms with van der Waals surface area (Å²) in [4.78, 5) is 30.8. The fourth-order valence-electron chi connectivity index (χ4n) is 1.94. The molecule has 0 aliphatic rings. The van der Waals surface area contributed by atoms with Crippen molar-refractivity contribution >= 4 is 22.3 Å². The van der Waals surface area contributed by atoms with Crippen molar-refractivity contribution in [3.63, 3.8) is 0 Å². The second-order valence-corrected chi connectivity index (χ2v) is 4.70. The highest BCUT2D eigenvalue weighted by Crippen LogP contribution is 2.27. The van der Waals surface area contributed by atoms with Crippen LogP contribution in [-0.2, 0) is 0 Å². The lowest BCUT2D eigenvalue weighted by molar-refractivity contribution is -0.383. The number of rotatable bonds is 6. The second-order valence-electron chi connectivity index (χ2n) is 4.70. The van der Waals surface area contributed by atoms with Gasteiger partial charge in [0.15, 0.2) is 0 Å². The standard InChI is InChI=1S/C13H17N5O3/c1-3-17(2)5-4-14-11-7-10-9(6-12(11)18(20)21)13(19)16-8-15-10/h6-8,14H,3-5H2,1-2H3,(H,15,16,19). The van der Waals surface area contributed by atoms with Crippen molar-refractivity contribution in [2.75, 3.05) is 32.0 Å². The predicted molar refractivity (Wildman–Crippen MR) is 80.7 cm³/mol. The van der Waals surface area contributed by atoms with Gasteiger partial charge >= 0.3 is 0 Å². The Balaban J connectivity index is 2.35. The lowest BCUT2D eigenvalue weighted by Crippen LogP contribution is -2.24. The van der Waals surface area contributed by atoms with E-state index in [9.17, 15) is 14.9 Å². The van der Waals surface area contributed by atoms with Crippen LogP contribution in [0.1, 0.15) is 6.92 Å². The first kappa shape index (κ1) is 14.9. The molecule has 2 N–H and O–H groups in total. The third kappa shape index (κ3) is 3.34. The normalized spacial score (nSPS) is 11.0. The molecule has 0 bridgehead atoms. The summed E-state index contributed by atoms with van der Waals surface area (Å²) in [6.45, 7) is 4.27. The van der Waals surface area contributed by atoms with Crippen molar-refractivity contribution in [3.8, 4) is 0 Å². The number of nitrogens with one attached hydrogen (secondary N) is 2. The number of anilines is 1. The minimum absolute atomic E-state index is 0.125. The van der Waals surface area contributed by atoms with E-state index in [1.54, 1.807) is 0 Å². The second kappa shape index (κ2) is 6.31. The lowest BCUT2D eigenvalue weighted by atomic mass is 10.2. The maximum absolute atomic E-state index is 11.7. The topological polar surface area (TPSA) is 104 Å². The van der Waals surface area contributed by atoms with E-state index in [0.717, 1.165) is 13.1 Å². The number of nitro benzene ring substituents is 1. The highest BCUT2D eigenvalue weighted by atomic mass is 16.6. The molecule has 0 aliphatic carbocycles. The molecule has 1 aromatic carbocycles. The van der Waals surface area contributed by atoms with Gasteiger partial charge in [-0.25, -0.2) is 4.98 Å². The molecule has 8 nitrogen and oxygen atoms in total. The quantitative estimate of drug-likeness (QED) is 0.612. The number of nitro groups is 1.